The van der Waals surface area contributed by atoms with E-state index < -0.39 is 0 Å². The van der Waals surface area contributed by atoms with E-state index in [2.05, 4.69) is 61.1 Å². The molecule has 0 aliphatic carbocycles. The Hall–Kier alpha value is 1.09. The molecule has 0 aliphatic rings. The van der Waals surface area contributed by atoms with Gasteiger partial charge < -0.3 is 0 Å². The van der Waals surface area contributed by atoms with Gasteiger partial charge in [-0.15, -0.1) is 0 Å². The van der Waals surface area contributed by atoms with Gasteiger partial charge in [-0.1, -0.05) is 15.9 Å². The molecule has 1 aromatic rings. The first kappa shape index (κ1) is 10.2. The van der Waals surface area contributed by atoms with Gasteiger partial charge in [-0.3, -0.25) is 0 Å². The predicted molar refractivity (Wildman–Crippen MR) is 64.5 cm³/mol. The van der Waals surface area contributed by atoms with Crippen LogP contribution in [0.1, 0.15) is 5.56 Å². The van der Waals surface area contributed by atoms with Gasteiger partial charge in [-0.25, -0.2) is 4.39 Å². The molecule has 0 unspecified atom stereocenters. The van der Waals surface area contributed by atoms with Crippen molar-refractivity contribution in [2.45, 2.75) is 5.33 Å². The molecule has 0 atom stereocenters. The molecule has 1 rings (SSSR count). The normalized spacial score (nSPS) is 10.2. The zero-order chi connectivity index (χ0) is 8.43. The molecule has 0 amide bonds. The minimum absolute atomic E-state index is 0.163. The van der Waals surface area contributed by atoms with Gasteiger partial charge in [0.15, 0.2) is 0 Å². The van der Waals surface area contributed by atoms with E-state index in [-0.39, 0.29) is 5.82 Å². The van der Waals surface area contributed by atoms with Crippen molar-refractivity contribution in [2.24, 2.45) is 0 Å². The van der Waals surface area contributed by atoms with Gasteiger partial charge in [0.25, 0.3) is 0 Å². The summed E-state index contributed by atoms with van der Waals surface area (Å²) in [6.07, 6.45) is 0. The second kappa shape index (κ2) is 4.36. The van der Waals surface area contributed by atoms with E-state index in [0.29, 0.717) is 0 Å². The number of halogens is 4. The lowest BCUT2D eigenvalue weighted by atomic mass is 10.2. The zero-order valence-corrected chi connectivity index (χ0v) is 11.3. The Bertz CT molecular complexity index is 252. The summed E-state index contributed by atoms with van der Waals surface area (Å²) in [6.45, 7) is 0. The summed E-state index contributed by atoms with van der Waals surface area (Å²) in [5.74, 6) is -0.163. The van der Waals surface area contributed by atoms with Crippen LogP contribution in [0.3, 0.4) is 0 Å². The first-order valence-electron chi connectivity index (χ1n) is 2.84. The molecule has 0 heterocycles. The minimum Gasteiger partial charge on any atom is -0.207 e. The van der Waals surface area contributed by atoms with Gasteiger partial charge in [0, 0.05) is 12.5 Å². The van der Waals surface area contributed by atoms with Crippen molar-refractivity contribution < 1.29 is 4.39 Å². The molecule has 0 spiro atoms. The van der Waals surface area contributed by atoms with Crippen molar-refractivity contribution in [3.63, 3.8) is 0 Å². The second-order valence-corrected chi connectivity index (χ2v) is 4.87. The van der Waals surface area contributed by atoms with Crippen LogP contribution in [0.4, 0.5) is 4.39 Å². The molecule has 0 N–H and O–H groups in total. The van der Waals surface area contributed by atoms with Gasteiger partial charge >= 0.3 is 0 Å². The average Bonchev–Trinajstić information content (AvgIpc) is 1.85. The lowest BCUT2D eigenvalue weighted by Crippen LogP contribution is -1.90. The van der Waals surface area contributed by atoms with E-state index in [1.54, 1.807) is 12.1 Å². The SMILES string of the molecule is Fc1cc(I)c(CBr)c(I)c1. The number of rotatable bonds is 1. The Kier molecular flexibility index (Phi) is 4.03. The fraction of sp³-hybridized carbons (Fsp3) is 0.143. The molecule has 0 aromatic heterocycles. The smallest absolute Gasteiger partial charge is 0.125 e. The van der Waals surface area contributed by atoms with E-state index in [9.17, 15) is 4.39 Å². The lowest BCUT2D eigenvalue weighted by molar-refractivity contribution is 0.625. The van der Waals surface area contributed by atoms with E-state index in [1.165, 1.54) is 0 Å². The van der Waals surface area contributed by atoms with Gasteiger partial charge in [-0.2, -0.15) is 0 Å². The zero-order valence-electron chi connectivity index (χ0n) is 5.37. The molecule has 0 fully saturated rings. The number of hydrogen-bond donors (Lipinski definition) is 0. The first-order valence-corrected chi connectivity index (χ1v) is 6.12. The molecule has 11 heavy (non-hydrogen) atoms. The topological polar surface area (TPSA) is 0 Å². The largest absolute Gasteiger partial charge is 0.207 e. The van der Waals surface area contributed by atoms with Crippen LogP contribution in [-0.4, -0.2) is 0 Å². The molecular formula is C7H4BrFI2. The van der Waals surface area contributed by atoms with Crippen molar-refractivity contribution in [2.75, 3.05) is 0 Å². The number of benzene rings is 1. The summed E-state index contributed by atoms with van der Waals surface area (Å²) in [4.78, 5) is 0. The van der Waals surface area contributed by atoms with Crippen LogP contribution < -0.4 is 0 Å². The number of alkyl halides is 1. The second-order valence-electron chi connectivity index (χ2n) is 1.98. The molecular weight excluding hydrogens is 437 g/mol. The van der Waals surface area contributed by atoms with Gasteiger partial charge in [0.2, 0.25) is 0 Å². The summed E-state index contributed by atoms with van der Waals surface area (Å²) in [6, 6.07) is 3.08. The van der Waals surface area contributed by atoms with Gasteiger partial charge in [-0.05, 0) is 62.9 Å². The van der Waals surface area contributed by atoms with Crippen molar-refractivity contribution >= 4 is 61.1 Å². The predicted octanol–water partition coefficient (Wildman–Crippen LogP) is 3.93. The monoisotopic (exact) mass is 440 g/mol. The number of hydrogen-bond acceptors (Lipinski definition) is 0. The third-order valence-corrected chi connectivity index (χ3v) is 3.73. The maximum Gasteiger partial charge on any atom is 0.125 e. The molecule has 4 heteroatoms. The maximum absolute atomic E-state index is 12.7. The van der Waals surface area contributed by atoms with Crippen LogP contribution in [-0.2, 0) is 5.33 Å². The quantitative estimate of drug-likeness (QED) is 0.458. The van der Waals surface area contributed by atoms with Crippen molar-refractivity contribution in [3.8, 4) is 0 Å². The van der Waals surface area contributed by atoms with Crippen LogP contribution in [0.5, 0.6) is 0 Å². The minimum atomic E-state index is -0.163. The fourth-order valence-corrected chi connectivity index (χ4v) is 4.43. The summed E-state index contributed by atoms with van der Waals surface area (Å²) in [7, 11) is 0. The van der Waals surface area contributed by atoms with E-state index in [4.69, 9.17) is 0 Å². The Labute approximate surface area is 100 Å². The van der Waals surface area contributed by atoms with Crippen molar-refractivity contribution in [1.82, 2.24) is 0 Å². The Balaban J connectivity index is 3.25. The van der Waals surface area contributed by atoms with Crippen LogP contribution >= 0.6 is 61.1 Å². The van der Waals surface area contributed by atoms with Crippen molar-refractivity contribution in [1.29, 1.82) is 0 Å². The highest BCUT2D eigenvalue weighted by Gasteiger charge is 2.04. The Morgan fingerprint density at radius 3 is 2.09 bits per heavy atom. The van der Waals surface area contributed by atoms with Crippen molar-refractivity contribution in [3.05, 3.63) is 30.7 Å². The summed E-state index contributed by atoms with van der Waals surface area (Å²) in [5, 5.41) is 0.782. The molecule has 0 nitrogen and oxygen atoms in total. The third-order valence-electron chi connectivity index (χ3n) is 1.24. The highest BCUT2D eigenvalue weighted by Crippen LogP contribution is 2.22. The van der Waals surface area contributed by atoms with Gasteiger partial charge in [0.05, 0.1) is 0 Å². The van der Waals surface area contributed by atoms with Crippen LogP contribution in [0.2, 0.25) is 0 Å². The highest BCUT2D eigenvalue weighted by molar-refractivity contribution is 14.1. The lowest BCUT2D eigenvalue weighted by Gasteiger charge is -2.02. The van der Waals surface area contributed by atoms with E-state index in [1.807, 2.05) is 0 Å². The van der Waals surface area contributed by atoms with Crippen LogP contribution in [0, 0.1) is 13.0 Å². The fourth-order valence-electron chi connectivity index (χ4n) is 0.700. The molecule has 0 bridgehead atoms. The highest BCUT2D eigenvalue weighted by atomic mass is 127. The van der Waals surface area contributed by atoms with Gasteiger partial charge in [0.1, 0.15) is 5.82 Å². The molecule has 0 saturated carbocycles. The standard InChI is InChI=1S/C7H4BrFI2/c8-3-5-6(10)1-4(9)2-7(5)11/h1-2H,3H2. The summed E-state index contributed by atoms with van der Waals surface area (Å²) in [5.41, 5.74) is 1.16. The molecule has 0 saturated heterocycles. The van der Waals surface area contributed by atoms with Crippen LogP contribution in [0.25, 0.3) is 0 Å². The van der Waals surface area contributed by atoms with Crippen LogP contribution in [0.15, 0.2) is 12.1 Å². The van der Waals surface area contributed by atoms with E-state index in [0.717, 1.165) is 18.0 Å². The summed E-state index contributed by atoms with van der Waals surface area (Å²) >= 11 is 7.63. The van der Waals surface area contributed by atoms with E-state index >= 15 is 0 Å². The molecule has 1 aromatic carbocycles. The Morgan fingerprint density at radius 2 is 1.73 bits per heavy atom. The summed E-state index contributed by atoms with van der Waals surface area (Å²) < 4.78 is 14.7. The third kappa shape index (κ3) is 2.51. The maximum atomic E-state index is 12.7. The Morgan fingerprint density at radius 1 is 1.27 bits per heavy atom. The average molecular weight is 441 g/mol. The molecule has 0 aliphatic heterocycles. The molecule has 0 radical (unpaired) electrons. The first-order chi connectivity index (χ1) is 5.15. The molecule has 60 valence electrons.